The molecule has 27 heavy (non-hydrogen) atoms. The predicted octanol–water partition coefficient (Wildman–Crippen LogP) is 3.61. The molecule has 152 valence electrons. The van der Waals surface area contributed by atoms with Gasteiger partial charge in [0, 0.05) is 24.9 Å². The number of nitrogens with one attached hydrogen (secondary N) is 2. The van der Waals surface area contributed by atoms with Crippen LogP contribution in [0, 0.1) is 0 Å². The second-order valence-electron chi connectivity index (χ2n) is 9.49. The van der Waals surface area contributed by atoms with Gasteiger partial charge in [-0.3, -0.25) is 15.5 Å². The largest absolute Gasteiger partial charge is 0.357 e. The van der Waals surface area contributed by atoms with Crippen LogP contribution in [0.5, 0.6) is 0 Å². The Balaban J connectivity index is 1.39. The van der Waals surface area contributed by atoms with E-state index < -0.39 is 0 Å². The molecule has 5 aliphatic rings. The second kappa shape index (κ2) is 7.10. The first kappa shape index (κ1) is 18.6. The van der Waals surface area contributed by atoms with Gasteiger partial charge in [-0.1, -0.05) is 26.0 Å². The third-order valence-corrected chi connectivity index (χ3v) is 7.70. The molecule has 5 nitrogen and oxygen atoms in total. The van der Waals surface area contributed by atoms with E-state index in [1.54, 1.807) is 0 Å². The highest BCUT2D eigenvalue weighted by Gasteiger charge is 2.57. The molecule has 0 saturated carbocycles. The van der Waals surface area contributed by atoms with Crippen LogP contribution in [-0.4, -0.2) is 46.9 Å². The zero-order chi connectivity index (χ0) is 18.5. The van der Waals surface area contributed by atoms with Crippen molar-refractivity contribution in [2.24, 2.45) is 0 Å². The molecule has 0 aromatic rings. The summed E-state index contributed by atoms with van der Waals surface area (Å²) < 4.78 is 13.4. The van der Waals surface area contributed by atoms with Crippen molar-refractivity contribution in [2.75, 3.05) is 0 Å². The van der Waals surface area contributed by atoms with Gasteiger partial charge < -0.3 is 9.47 Å². The standard InChI is InChI=1S/C22H37N3O2/c1-3-18-8-5-6-12-21(26-18)14-16-10-11-17-15-22(24-20(23-21)25(16)17)13-7-9-19(4-2)27-22/h5,8,16-20,23-24H,3-4,6-7,9-15H2,1-2H3/t16-,17+,18-,19+,20?,21-,22+/m0/s1. The predicted molar refractivity (Wildman–Crippen MR) is 106 cm³/mol. The minimum absolute atomic E-state index is 0.141. The highest BCUT2D eigenvalue weighted by molar-refractivity contribution is 5.09. The summed E-state index contributed by atoms with van der Waals surface area (Å²) in [7, 11) is 0. The average Bonchev–Trinajstić information content (AvgIpc) is 2.95. The summed E-state index contributed by atoms with van der Waals surface area (Å²) in [6, 6.07) is 1.28. The zero-order valence-electron chi connectivity index (χ0n) is 17.1. The Bertz CT molecular complexity index is 584. The molecule has 0 amide bonds. The Morgan fingerprint density at radius 1 is 0.963 bits per heavy atom. The van der Waals surface area contributed by atoms with Crippen LogP contribution < -0.4 is 10.6 Å². The van der Waals surface area contributed by atoms with Crippen LogP contribution in [-0.2, 0) is 9.47 Å². The van der Waals surface area contributed by atoms with E-state index in [4.69, 9.17) is 9.47 Å². The first-order valence-electron chi connectivity index (χ1n) is 11.5. The van der Waals surface area contributed by atoms with Crippen LogP contribution in [0.4, 0.5) is 0 Å². The van der Waals surface area contributed by atoms with Crippen molar-refractivity contribution in [2.45, 2.75) is 127 Å². The van der Waals surface area contributed by atoms with Gasteiger partial charge in [-0.2, -0.15) is 0 Å². The summed E-state index contributed by atoms with van der Waals surface area (Å²) in [5.41, 5.74) is -0.340. The van der Waals surface area contributed by atoms with Gasteiger partial charge in [-0.25, -0.2) is 0 Å². The summed E-state index contributed by atoms with van der Waals surface area (Å²) in [6.45, 7) is 4.49. The third-order valence-electron chi connectivity index (χ3n) is 7.70. The lowest BCUT2D eigenvalue weighted by Gasteiger charge is -2.58. The lowest BCUT2D eigenvalue weighted by molar-refractivity contribution is -0.232. The van der Waals surface area contributed by atoms with Crippen molar-refractivity contribution in [3.8, 4) is 0 Å². The van der Waals surface area contributed by atoms with Crippen molar-refractivity contribution < 1.29 is 9.47 Å². The maximum atomic E-state index is 6.70. The minimum Gasteiger partial charge on any atom is -0.357 e. The molecule has 4 saturated heterocycles. The van der Waals surface area contributed by atoms with Crippen molar-refractivity contribution in [3.63, 3.8) is 0 Å². The highest BCUT2D eigenvalue weighted by Crippen LogP contribution is 2.46. The topological polar surface area (TPSA) is 45.8 Å². The van der Waals surface area contributed by atoms with Crippen molar-refractivity contribution in [3.05, 3.63) is 12.2 Å². The number of nitrogens with zero attached hydrogens (tertiary/aromatic N) is 1. The molecular formula is C22H37N3O2. The minimum atomic E-state index is -0.199. The van der Waals surface area contributed by atoms with Crippen molar-refractivity contribution in [1.82, 2.24) is 15.5 Å². The van der Waals surface area contributed by atoms with E-state index in [1.807, 2.05) is 0 Å². The first-order valence-corrected chi connectivity index (χ1v) is 11.5. The van der Waals surface area contributed by atoms with Crippen LogP contribution in [0.2, 0.25) is 0 Å². The molecule has 5 rings (SSSR count). The van der Waals surface area contributed by atoms with Gasteiger partial charge in [-0.15, -0.1) is 0 Å². The molecule has 0 aromatic carbocycles. The molecule has 5 heterocycles. The monoisotopic (exact) mass is 375 g/mol. The molecular weight excluding hydrogens is 338 g/mol. The van der Waals surface area contributed by atoms with Crippen LogP contribution >= 0.6 is 0 Å². The van der Waals surface area contributed by atoms with E-state index in [-0.39, 0.29) is 23.8 Å². The highest BCUT2D eigenvalue weighted by atomic mass is 16.5. The molecule has 0 radical (unpaired) electrons. The Kier molecular flexibility index (Phi) is 4.88. The summed E-state index contributed by atoms with van der Waals surface area (Å²) >= 11 is 0. The zero-order valence-corrected chi connectivity index (χ0v) is 17.1. The van der Waals surface area contributed by atoms with Crippen LogP contribution in [0.15, 0.2) is 12.2 Å². The first-order chi connectivity index (χ1) is 13.1. The van der Waals surface area contributed by atoms with Gasteiger partial charge in [0.2, 0.25) is 0 Å². The Hall–Kier alpha value is -0.460. The average molecular weight is 376 g/mol. The summed E-state index contributed by atoms with van der Waals surface area (Å²) in [5, 5.41) is 7.91. The third kappa shape index (κ3) is 3.29. The lowest BCUT2D eigenvalue weighted by atomic mass is 9.88. The van der Waals surface area contributed by atoms with E-state index in [1.165, 1.54) is 25.7 Å². The Morgan fingerprint density at radius 2 is 1.70 bits per heavy atom. The molecule has 0 aromatic heterocycles. The van der Waals surface area contributed by atoms with Gasteiger partial charge in [-0.05, 0) is 57.8 Å². The van der Waals surface area contributed by atoms with E-state index in [0.717, 1.165) is 44.9 Å². The maximum absolute atomic E-state index is 6.70. The second-order valence-corrected chi connectivity index (χ2v) is 9.49. The fourth-order valence-electron chi connectivity index (χ4n) is 6.40. The smallest absolute Gasteiger partial charge is 0.124 e. The van der Waals surface area contributed by atoms with E-state index in [2.05, 4.69) is 41.5 Å². The number of hydrogen-bond donors (Lipinski definition) is 2. The maximum Gasteiger partial charge on any atom is 0.124 e. The van der Waals surface area contributed by atoms with E-state index in [0.29, 0.717) is 18.2 Å². The van der Waals surface area contributed by atoms with Gasteiger partial charge in [0.15, 0.2) is 0 Å². The lowest BCUT2D eigenvalue weighted by Crippen LogP contribution is -2.78. The SMILES string of the molecule is CC[C@@H]1CCC[C@]2(C[C@H]3CC[C@H]4C[C@@]5(CCC=C[C@H](CC)O5)NC(N2)N34)O1. The number of ether oxygens (including phenoxy) is 2. The van der Waals surface area contributed by atoms with Gasteiger partial charge in [0.05, 0.1) is 12.2 Å². The molecule has 4 fully saturated rings. The van der Waals surface area contributed by atoms with E-state index >= 15 is 0 Å². The number of rotatable bonds is 2. The van der Waals surface area contributed by atoms with E-state index in [9.17, 15) is 0 Å². The van der Waals surface area contributed by atoms with Gasteiger partial charge in [0.25, 0.3) is 0 Å². The van der Waals surface area contributed by atoms with Gasteiger partial charge in [0.1, 0.15) is 17.7 Å². The summed E-state index contributed by atoms with van der Waals surface area (Å²) in [4.78, 5) is 2.72. The Morgan fingerprint density at radius 3 is 2.41 bits per heavy atom. The fraction of sp³-hybridized carbons (Fsp3) is 0.909. The molecule has 7 atom stereocenters. The molecule has 2 spiro atoms. The molecule has 1 unspecified atom stereocenters. The van der Waals surface area contributed by atoms with Crippen LogP contribution in [0.3, 0.4) is 0 Å². The van der Waals surface area contributed by atoms with Crippen LogP contribution in [0.1, 0.15) is 84.5 Å². The molecule has 0 aliphatic carbocycles. The van der Waals surface area contributed by atoms with Crippen molar-refractivity contribution >= 4 is 0 Å². The molecule has 0 bridgehead atoms. The normalized spacial score (nSPS) is 50.1. The number of allylic oxidation sites excluding steroid dienone is 1. The quantitative estimate of drug-likeness (QED) is 0.722. The van der Waals surface area contributed by atoms with Crippen LogP contribution in [0.25, 0.3) is 0 Å². The number of hydrogen-bond acceptors (Lipinski definition) is 5. The fourth-order valence-corrected chi connectivity index (χ4v) is 6.40. The molecule has 5 heteroatoms. The van der Waals surface area contributed by atoms with Crippen molar-refractivity contribution in [1.29, 1.82) is 0 Å². The molecule has 5 aliphatic heterocycles. The summed E-state index contributed by atoms with van der Waals surface area (Å²) in [5.74, 6) is 0. The Labute approximate surface area is 164 Å². The summed E-state index contributed by atoms with van der Waals surface area (Å²) in [6.07, 6.45) is 18.2. The van der Waals surface area contributed by atoms with Gasteiger partial charge >= 0.3 is 0 Å². The molecule has 2 N–H and O–H groups in total.